The van der Waals surface area contributed by atoms with Crippen molar-refractivity contribution in [3.63, 3.8) is 0 Å². The molecule has 0 bridgehead atoms. The van der Waals surface area contributed by atoms with Gasteiger partial charge in [0, 0.05) is 12.4 Å². The molecular weight excluding hydrogens is 214 g/mol. The third-order valence-electron chi connectivity index (χ3n) is 3.15. The van der Waals surface area contributed by atoms with Gasteiger partial charge in [0.1, 0.15) is 0 Å². The predicted octanol–water partition coefficient (Wildman–Crippen LogP) is 3.13. The maximum atomic E-state index is 6.06. The van der Waals surface area contributed by atoms with Crippen molar-refractivity contribution in [1.82, 2.24) is 5.32 Å². The smallest absolute Gasteiger partial charge is 0.0292 e. The van der Waals surface area contributed by atoms with Gasteiger partial charge < -0.3 is 5.32 Å². The van der Waals surface area contributed by atoms with Crippen molar-refractivity contribution >= 4 is 23.4 Å². The lowest BCUT2D eigenvalue weighted by Gasteiger charge is -2.26. The third-order valence-corrected chi connectivity index (χ3v) is 4.41. The Kier molecular flexibility index (Phi) is 6.31. The number of halogens is 1. The molecule has 1 rings (SSSR count). The Morgan fingerprint density at radius 3 is 2.64 bits per heavy atom. The molecule has 0 aromatic rings. The average molecular weight is 236 g/mol. The molecule has 1 aliphatic carbocycles. The van der Waals surface area contributed by atoms with Crippen LogP contribution in [0.5, 0.6) is 0 Å². The molecule has 1 fully saturated rings. The van der Waals surface area contributed by atoms with Crippen LogP contribution in [0, 0.1) is 5.41 Å². The van der Waals surface area contributed by atoms with Gasteiger partial charge in [0.25, 0.3) is 0 Å². The zero-order valence-corrected chi connectivity index (χ0v) is 10.7. The van der Waals surface area contributed by atoms with Gasteiger partial charge in [0.05, 0.1) is 0 Å². The van der Waals surface area contributed by atoms with E-state index in [4.69, 9.17) is 11.6 Å². The fourth-order valence-corrected chi connectivity index (χ4v) is 2.97. The van der Waals surface area contributed by atoms with E-state index >= 15 is 0 Å². The lowest BCUT2D eigenvalue weighted by molar-refractivity contribution is 0.322. The molecule has 0 unspecified atom stereocenters. The molecule has 0 radical (unpaired) electrons. The van der Waals surface area contributed by atoms with Gasteiger partial charge in [-0.05, 0) is 43.2 Å². The van der Waals surface area contributed by atoms with E-state index < -0.39 is 0 Å². The van der Waals surface area contributed by atoms with Gasteiger partial charge in [-0.3, -0.25) is 0 Å². The lowest BCUT2D eigenvalue weighted by atomic mass is 9.88. The summed E-state index contributed by atoms with van der Waals surface area (Å²) >= 11 is 7.98. The molecule has 1 saturated carbocycles. The number of hydrogen-bond donors (Lipinski definition) is 1. The SMILES string of the molecule is CSCCCNCC1(CCl)CCCC1. The summed E-state index contributed by atoms with van der Waals surface area (Å²) in [5, 5.41) is 3.56. The molecule has 1 N–H and O–H groups in total. The van der Waals surface area contributed by atoms with Gasteiger partial charge in [0.2, 0.25) is 0 Å². The lowest BCUT2D eigenvalue weighted by Crippen LogP contribution is -2.34. The summed E-state index contributed by atoms with van der Waals surface area (Å²) in [6, 6.07) is 0. The molecule has 14 heavy (non-hydrogen) atoms. The fraction of sp³-hybridized carbons (Fsp3) is 1.00. The summed E-state index contributed by atoms with van der Waals surface area (Å²) in [6.45, 7) is 2.28. The van der Waals surface area contributed by atoms with E-state index in [0.717, 1.165) is 19.0 Å². The number of alkyl halides is 1. The Labute approximate surface area is 97.4 Å². The summed E-state index contributed by atoms with van der Waals surface area (Å²) in [4.78, 5) is 0. The van der Waals surface area contributed by atoms with Crippen LogP contribution in [0.15, 0.2) is 0 Å². The molecule has 0 spiro atoms. The molecule has 0 amide bonds. The second-order valence-electron chi connectivity index (χ2n) is 4.36. The first kappa shape index (κ1) is 12.7. The van der Waals surface area contributed by atoms with Crippen LogP contribution in [0.1, 0.15) is 32.1 Å². The molecule has 84 valence electrons. The monoisotopic (exact) mass is 235 g/mol. The standard InChI is InChI=1S/C11H22ClNS/c1-14-8-4-7-13-10-11(9-12)5-2-3-6-11/h13H,2-10H2,1H3. The first-order valence-corrected chi connectivity index (χ1v) is 7.51. The van der Waals surface area contributed by atoms with Gasteiger partial charge in [-0.2, -0.15) is 11.8 Å². The first-order chi connectivity index (χ1) is 6.83. The Balaban J connectivity index is 2.08. The zero-order valence-electron chi connectivity index (χ0n) is 9.15. The summed E-state index contributed by atoms with van der Waals surface area (Å²) in [5.74, 6) is 2.10. The van der Waals surface area contributed by atoms with Crippen LogP contribution in [-0.4, -0.2) is 31.0 Å². The number of hydrogen-bond acceptors (Lipinski definition) is 2. The second kappa shape index (κ2) is 6.97. The van der Waals surface area contributed by atoms with Gasteiger partial charge in [-0.1, -0.05) is 12.8 Å². The Bertz CT molecular complexity index is 146. The molecule has 3 heteroatoms. The average Bonchev–Trinajstić information content (AvgIpc) is 2.67. The van der Waals surface area contributed by atoms with Crippen molar-refractivity contribution in [1.29, 1.82) is 0 Å². The molecule has 0 saturated heterocycles. The topological polar surface area (TPSA) is 12.0 Å². The molecule has 1 aliphatic rings. The van der Waals surface area contributed by atoms with Crippen LogP contribution in [-0.2, 0) is 0 Å². The van der Waals surface area contributed by atoms with E-state index in [1.54, 1.807) is 0 Å². The highest BCUT2D eigenvalue weighted by molar-refractivity contribution is 7.98. The highest BCUT2D eigenvalue weighted by Crippen LogP contribution is 2.38. The van der Waals surface area contributed by atoms with E-state index in [2.05, 4.69) is 11.6 Å². The van der Waals surface area contributed by atoms with Crippen molar-refractivity contribution in [2.75, 3.05) is 31.0 Å². The van der Waals surface area contributed by atoms with Gasteiger partial charge in [-0.15, -0.1) is 11.6 Å². The minimum Gasteiger partial charge on any atom is -0.316 e. The molecule has 0 aliphatic heterocycles. The Morgan fingerprint density at radius 2 is 2.07 bits per heavy atom. The Morgan fingerprint density at radius 1 is 1.36 bits per heavy atom. The quantitative estimate of drug-likeness (QED) is 0.538. The second-order valence-corrected chi connectivity index (χ2v) is 5.62. The van der Waals surface area contributed by atoms with E-state index in [-0.39, 0.29) is 0 Å². The third kappa shape index (κ3) is 4.00. The highest BCUT2D eigenvalue weighted by Gasteiger charge is 2.32. The maximum Gasteiger partial charge on any atom is 0.0292 e. The number of rotatable bonds is 7. The van der Waals surface area contributed by atoms with E-state index in [9.17, 15) is 0 Å². The summed E-state index contributed by atoms with van der Waals surface area (Å²) < 4.78 is 0. The van der Waals surface area contributed by atoms with Crippen molar-refractivity contribution in [3.05, 3.63) is 0 Å². The van der Waals surface area contributed by atoms with Crippen molar-refractivity contribution in [3.8, 4) is 0 Å². The van der Waals surface area contributed by atoms with Crippen molar-refractivity contribution < 1.29 is 0 Å². The van der Waals surface area contributed by atoms with Crippen LogP contribution in [0.25, 0.3) is 0 Å². The van der Waals surface area contributed by atoms with Crippen LogP contribution in [0.4, 0.5) is 0 Å². The van der Waals surface area contributed by atoms with Crippen molar-refractivity contribution in [2.45, 2.75) is 32.1 Å². The minimum atomic E-state index is 0.431. The summed E-state index contributed by atoms with van der Waals surface area (Å²) in [6.07, 6.45) is 8.84. The van der Waals surface area contributed by atoms with Crippen molar-refractivity contribution in [2.24, 2.45) is 5.41 Å². The van der Waals surface area contributed by atoms with Crippen LogP contribution < -0.4 is 5.32 Å². The van der Waals surface area contributed by atoms with Gasteiger partial charge in [0.15, 0.2) is 0 Å². The van der Waals surface area contributed by atoms with Crippen LogP contribution >= 0.6 is 23.4 Å². The summed E-state index contributed by atoms with van der Waals surface area (Å²) in [7, 11) is 0. The van der Waals surface area contributed by atoms with Gasteiger partial charge >= 0.3 is 0 Å². The Hall–Kier alpha value is 0.600. The highest BCUT2D eigenvalue weighted by atomic mass is 35.5. The first-order valence-electron chi connectivity index (χ1n) is 5.59. The van der Waals surface area contributed by atoms with E-state index in [0.29, 0.717) is 5.41 Å². The van der Waals surface area contributed by atoms with Crippen LogP contribution in [0.3, 0.4) is 0 Å². The van der Waals surface area contributed by atoms with E-state index in [1.807, 2.05) is 11.8 Å². The summed E-state index contributed by atoms with van der Waals surface area (Å²) in [5.41, 5.74) is 0.431. The van der Waals surface area contributed by atoms with E-state index in [1.165, 1.54) is 37.9 Å². The molecule has 0 aromatic carbocycles. The molecule has 0 heterocycles. The predicted molar refractivity (Wildman–Crippen MR) is 67.5 cm³/mol. The molecule has 0 atom stereocenters. The largest absolute Gasteiger partial charge is 0.316 e. The van der Waals surface area contributed by atoms with Crippen LogP contribution in [0.2, 0.25) is 0 Å². The fourth-order valence-electron chi connectivity index (χ4n) is 2.18. The molecular formula is C11H22ClNS. The molecule has 1 nitrogen and oxygen atoms in total. The number of thioether (sulfide) groups is 1. The minimum absolute atomic E-state index is 0.431. The maximum absolute atomic E-state index is 6.06. The van der Waals surface area contributed by atoms with Gasteiger partial charge in [-0.25, -0.2) is 0 Å². The molecule has 0 aromatic heterocycles. The number of nitrogens with one attached hydrogen (secondary N) is 1. The zero-order chi connectivity index (χ0) is 10.3. The normalized spacial score (nSPS) is 20.1.